The van der Waals surface area contributed by atoms with Crippen LogP contribution in [0.1, 0.15) is 5.56 Å². The summed E-state index contributed by atoms with van der Waals surface area (Å²) in [7, 11) is -3.13. The summed E-state index contributed by atoms with van der Waals surface area (Å²) in [5.74, 6) is -0.0187. The van der Waals surface area contributed by atoms with Crippen LogP contribution in [0.2, 0.25) is 0 Å². The minimum Gasteiger partial charge on any atom is -0.377 e. The number of non-ortho nitro benzene ring substituents is 1. The van der Waals surface area contributed by atoms with Crippen LogP contribution in [0.15, 0.2) is 29.7 Å². The molecule has 0 bridgehead atoms. The number of nitrogens with one attached hydrogen (secondary N) is 1. The van der Waals surface area contributed by atoms with Gasteiger partial charge in [-0.3, -0.25) is 10.1 Å². The molecule has 0 aromatic heterocycles. The molecule has 7 heteroatoms. The number of hydrogen-bond acceptors (Lipinski definition) is 5. The van der Waals surface area contributed by atoms with Crippen LogP contribution in [0.25, 0.3) is 0 Å². The number of nitro groups is 1. The topological polar surface area (TPSA) is 89.3 Å². The van der Waals surface area contributed by atoms with Gasteiger partial charge in [0, 0.05) is 23.2 Å². The third-order valence-electron chi connectivity index (χ3n) is 2.70. The molecular formula is C11H12N2O4S. The quantitative estimate of drug-likeness (QED) is 0.664. The molecule has 1 aliphatic rings. The molecule has 1 aromatic rings. The standard InChI is InChI=1S/C11H12N2O4S/c1-8-2-3-10(13(14)15)6-11(8)12-9-4-5-18(16,17)7-9/h2-6,9,12H,7H2,1H3. The number of anilines is 1. The normalized spacial score (nSPS) is 20.8. The second kappa shape index (κ2) is 4.41. The van der Waals surface area contributed by atoms with E-state index in [0.29, 0.717) is 5.69 Å². The van der Waals surface area contributed by atoms with Crippen molar-refractivity contribution in [3.8, 4) is 0 Å². The van der Waals surface area contributed by atoms with Gasteiger partial charge in [-0.2, -0.15) is 0 Å². The van der Waals surface area contributed by atoms with Crippen molar-refractivity contribution in [2.24, 2.45) is 0 Å². The average molecular weight is 268 g/mol. The largest absolute Gasteiger partial charge is 0.377 e. The van der Waals surface area contributed by atoms with E-state index in [-0.39, 0.29) is 17.5 Å². The van der Waals surface area contributed by atoms with Crippen molar-refractivity contribution in [1.82, 2.24) is 0 Å². The molecule has 0 aliphatic carbocycles. The van der Waals surface area contributed by atoms with E-state index in [4.69, 9.17) is 0 Å². The number of benzene rings is 1. The van der Waals surface area contributed by atoms with Gasteiger partial charge in [0.05, 0.1) is 16.7 Å². The summed E-state index contributed by atoms with van der Waals surface area (Å²) in [4.78, 5) is 10.2. The summed E-state index contributed by atoms with van der Waals surface area (Å²) >= 11 is 0. The number of hydrogen-bond donors (Lipinski definition) is 1. The van der Waals surface area contributed by atoms with Crippen LogP contribution < -0.4 is 5.32 Å². The summed E-state index contributed by atoms with van der Waals surface area (Å²) < 4.78 is 22.5. The molecule has 0 saturated carbocycles. The van der Waals surface area contributed by atoms with Gasteiger partial charge in [-0.15, -0.1) is 0 Å². The number of nitro benzene ring substituents is 1. The molecule has 2 rings (SSSR count). The van der Waals surface area contributed by atoms with Gasteiger partial charge in [-0.25, -0.2) is 8.42 Å². The van der Waals surface area contributed by atoms with Gasteiger partial charge in [0.25, 0.3) is 5.69 Å². The summed E-state index contributed by atoms with van der Waals surface area (Å²) in [6.07, 6.45) is 1.55. The van der Waals surface area contributed by atoms with E-state index in [1.54, 1.807) is 19.1 Å². The Balaban J connectivity index is 2.22. The zero-order valence-corrected chi connectivity index (χ0v) is 10.5. The van der Waals surface area contributed by atoms with Crippen molar-refractivity contribution in [3.05, 3.63) is 45.4 Å². The molecule has 0 saturated heterocycles. The highest BCUT2D eigenvalue weighted by Crippen LogP contribution is 2.24. The lowest BCUT2D eigenvalue weighted by Crippen LogP contribution is -2.21. The Bertz CT molecular complexity index is 622. The highest BCUT2D eigenvalue weighted by Gasteiger charge is 2.22. The predicted molar refractivity (Wildman–Crippen MR) is 68.2 cm³/mol. The summed E-state index contributed by atoms with van der Waals surface area (Å²) in [6.45, 7) is 1.80. The molecule has 0 amide bonds. The van der Waals surface area contributed by atoms with Crippen molar-refractivity contribution in [3.63, 3.8) is 0 Å². The fourth-order valence-corrected chi connectivity index (χ4v) is 2.98. The summed E-state index contributed by atoms with van der Waals surface area (Å²) in [5, 5.41) is 14.8. The Labute approximate surface area is 104 Å². The maximum absolute atomic E-state index is 11.3. The maximum atomic E-state index is 11.3. The van der Waals surface area contributed by atoms with Crippen LogP contribution >= 0.6 is 0 Å². The Hall–Kier alpha value is -1.89. The Kier molecular flexibility index (Phi) is 3.08. The Morgan fingerprint density at radius 2 is 2.17 bits per heavy atom. The van der Waals surface area contributed by atoms with E-state index < -0.39 is 14.8 Å². The minimum atomic E-state index is -3.13. The molecule has 0 radical (unpaired) electrons. The van der Waals surface area contributed by atoms with E-state index in [9.17, 15) is 18.5 Å². The lowest BCUT2D eigenvalue weighted by atomic mass is 10.1. The van der Waals surface area contributed by atoms with Gasteiger partial charge in [-0.05, 0) is 12.5 Å². The molecule has 1 unspecified atom stereocenters. The van der Waals surface area contributed by atoms with Gasteiger partial charge < -0.3 is 5.32 Å². The number of aryl methyl sites for hydroxylation is 1. The zero-order valence-electron chi connectivity index (χ0n) is 9.66. The zero-order chi connectivity index (χ0) is 13.3. The van der Waals surface area contributed by atoms with Crippen molar-refractivity contribution in [1.29, 1.82) is 0 Å². The molecule has 1 atom stereocenters. The van der Waals surface area contributed by atoms with E-state index in [1.165, 1.54) is 12.1 Å². The van der Waals surface area contributed by atoms with Crippen LogP contribution in [0.3, 0.4) is 0 Å². The maximum Gasteiger partial charge on any atom is 0.271 e. The molecule has 1 aliphatic heterocycles. The second-order valence-electron chi connectivity index (χ2n) is 4.17. The molecule has 96 valence electrons. The van der Waals surface area contributed by atoms with Crippen molar-refractivity contribution < 1.29 is 13.3 Å². The first kappa shape index (κ1) is 12.6. The third-order valence-corrected chi connectivity index (χ3v) is 4.10. The lowest BCUT2D eigenvalue weighted by molar-refractivity contribution is -0.384. The van der Waals surface area contributed by atoms with Crippen molar-refractivity contribution in [2.75, 3.05) is 11.1 Å². The van der Waals surface area contributed by atoms with Gasteiger partial charge in [0.15, 0.2) is 9.84 Å². The highest BCUT2D eigenvalue weighted by molar-refractivity contribution is 7.94. The first-order valence-corrected chi connectivity index (χ1v) is 7.01. The van der Waals surface area contributed by atoms with Gasteiger partial charge >= 0.3 is 0 Å². The molecule has 1 N–H and O–H groups in total. The number of nitrogens with zero attached hydrogens (tertiary/aromatic N) is 1. The lowest BCUT2D eigenvalue weighted by Gasteiger charge is -2.13. The highest BCUT2D eigenvalue weighted by atomic mass is 32.2. The smallest absolute Gasteiger partial charge is 0.271 e. The van der Waals surface area contributed by atoms with E-state index in [0.717, 1.165) is 11.0 Å². The van der Waals surface area contributed by atoms with Gasteiger partial charge in [0.2, 0.25) is 0 Å². The van der Waals surface area contributed by atoms with Crippen LogP contribution in [-0.2, 0) is 9.84 Å². The van der Waals surface area contributed by atoms with E-state index in [1.807, 2.05) is 0 Å². The summed E-state index contributed by atoms with van der Waals surface area (Å²) in [6, 6.07) is 4.12. The minimum absolute atomic E-state index is 0.0187. The summed E-state index contributed by atoms with van der Waals surface area (Å²) in [5.41, 5.74) is 1.39. The van der Waals surface area contributed by atoms with Crippen LogP contribution in [0.4, 0.5) is 11.4 Å². The molecule has 0 fully saturated rings. The molecular weight excluding hydrogens is 256 g/mol. The first-order valence-electron chi connectivity index (χ1n) is 5.30. The molecule has 6 nitrogen and oxygen atoms in total. The van der Waals surface area contributed by atoms with E-state index >= 15 is 0 Å². The van der Waals surface area contributed by atoms with Crippen LogP contribution in [-0.4, -0.2) is 25.1 Å². The number of rotatable bonds is 3. The van der Waals surface area contributed by atoms with Gasteiger partial charge in [0.1, 0.15) is 0 Å². The van der Waals surface area contributed by atoms with Gasteiger partial charge in [-0.1, -0.05) is 12.1 Å². The fraction of sp³-hybridized carbons (Fsp3) is 0.273. The second-order valence-corrected chi connectivity index (χ2v) is 6.10. The SMILES string of the molecule is Cc1ccc([N+](=O)[O-])cc1NC1C=CS(=O)(=O)C1. The van der Waals surface area contributed by atoms with E-state index in [2.05, 4.69) is 5.32 Å². The fourth-order valence-electron chi connectivity index (χ4n) is 1.74. The molecule has 1 heterocycles. The Morgan fingerprint density at radius 1 is 1.44 bits per heavy atom. The predicted octanol–water partition coefficient (Wildman–Crippen LogP) is 1.63. The Morgan fingerprint density at radius 3 is 2.72 bits per heavy atom. The molecule has 1 aromatic carbocycles. The van der Waals surface area contributed by atoms with Crippen LogP contribution in [0, 0.1) is 17.0 Å². The van der Waals surface area contributed by atoms with Crippen molar-refractivity contribution in [2.45, 2.75) is 13.0 Å². The first-order chi connectivity index (χ1) is 8.37. The molecule has 18 heavy (non-hydrogen) atoms. The van der Waals surface area contributed by atoms with Crippen LogP contribution in [0.5, 0.6) is 0 Å². The monoisotopic (exact) mass is 268 g/mol. The van der Waals surface area contributed by atoms with Crippen molar-refractivity contribution >= 4 is 21.2 Å². The number of sulfone groups is 1. The third kappa shape index (κ3) is 2.67. The average Bonchev–Trinajstić information content (AvgIpc) is 2.61. The molecule has 0 spiro atoms.